The monoisotopic (exact) mass is 254 g/mol. The Morgan fingerprint density at radius 2 is 1.94 bits per heavy atom. The van der Waals surface area contributed by atoms with Crippen molar-refractivity contribution in [1.29, 1.82) is 0 Å². The van der Waals surface area contributed by atoms with Crippen molar-refractivity contribution in [1.82, 2.24) is 10.2 Å². The fourth-order valence-electron chi connectivity index (χ4n) is 3.40. The number of nitrogens with zero attached hydrogens (tertiary/aromatic N) is 1. The van der Waals surface area contributed by atoms with Gasteiger partial charge < -0.3 is 10.4 Å². The molecule has 1 saturated carbocycles. The van der Waals surface area contributed by atoms with E-state index in [1.165, 1.54) is 12.8 Å². The van der Waals surface area contributed by atoms with Gasteiger partial charge in [-0.1, -0.05) is 19.8 Å². The summed E-state index contributed by atoms with van der Waals surface area (Å²) in [6.45, 7) is 6.03. The molecule has 2 aliphatic rings. The largest absolute Gasteiger partial charge is 0.480 e. The van der Waals surface area contributed by atoms with Crippen molar-refractivity contribution in [2.45, 2.75) is 45.1 Å². The molecule has 1 aliphatic heterocycles. The molecule has 0 radical (unpaired) electrons. The van der Waals surface area contributed by atoms with Crippen molar-refractivity contribution in [3.63, 3.8) is 0 Å². The normalized spacial score (nSPS) is 32.7. The summed E-state index contributed by atoms with van der Waals surface area (Å²) >= 11 is 0. The van der Waals surface area contributed by atoms with Gasteiger partial charge in [-0.3, -0.25) is 9.69 Å². The molecule has 18 heavy (non-hydrogen) atoms. The Morgan fingerprint density at radius 1 is 1.22 bits per heavy atom. The Kier molecular flexibility index (Phi) is 5.01. The molecule has 1 saturated heterocycles. The van der Waals surface area contributed by atoms with Gasteiger partial charge in [-0.2, -0.15) is 0 Å². The van der Waals surface area contributed by atoms with Crippen LogP contribution in [-0.2, 0) is 4.79 Å². The van der Waals surface area contributed by atoms with Gasteiger partial charge in [0.05, 0.1) is 0 Å². The van der Waals surface area contributed by atoms with Crippen LogP contribution in [0.3, 0.4) is 0 Å². The van der Waals surface area contributed by atoms with Crippen molar-refractivity contribution in [2.24, 2.45) is 11.8 Å². The number of hydrogen-bond donors (Lipinski definition) is 2. The maximum absolute atomic E-state index is 11.6. The first-order valence-electron chi connectivity index (χ1n) is 7.36. The molecule has 0 amide bonds. The molecular weight excluding hydrogens is 228 g/mol. The summed E-state index contributed by atoms with van der Waals surface area (Å²) in [6.07, 6.45) is 5.62. The van der Waals surface area contributed by atoms with Crippen LogP contribution < -0.4 is 5.32 Å². The van der Waals surface area contributed by atoms with Crippen LogP contribution in [0.5, 0.6) is 0 Å². The van der Waals surface area contributed by atoms with Gasteiger partial charge >= 0.3 is 5.97 Å². The predicted molar refractivity (Wildman–Crippen MR) is 71.6 cm³/mol. The van der Waals surface area contributed by atoms with Crippen LogP contribution in [0.25, 0.3) is 0 Å². The molecule has 104 valence electrons. The zero-order valence-corrected chi connectivity index (χ0v) is 11.4. The third kappa shape index (κ3) is 3.45. The average Bonchev–Trinajstić information content (AvgIpc) is 2.60. The number of nitrogens with one attached hydrogen (secondary N) is 1. The van der Waals surface area contributed by atoms with Crippen LogP contribution in [0.15, 0.2) is 0 Å². The molecule has 1 heterocycles. The lowest BCUT2D eigenvalue weighted by Crippen LogP contribution is -2.48. The molecule has 2 rings (SSSR count). The lowest BCUT2D eigenvalue weighted by Gasteiger charge is -2.36. The van der Waals surface area contributed by atoms with Gasteiger partial charge in [-0.25, -0.2) is 0 Å². The minimum atomic E-state index is -0.614. The maximum Gasteiger partial charge on any atom is 0.321 e. The van der Waals surface area contributed by atoms with Gasteiger partial charge in [0.1, 0.15) is 6.04 Å². The number of hydrogen-bond acceptors (Lipinski definition) is 3. The molecule has 1 aliphatic carbocycles. The number of carboxylic acid groups (broad SMARTS) is 1. The van der Waals surface area contributed by atoms with E-state index in [0.29, 0.717) is 5.92 Å². The van der Waals surface area contributed by atoms with E-state index in [2.05, 4.69) is 17.1 Å². The summed E-state index contributed by atoms with van der Waals surface area (Å²) in [6, 6.07) is -0.252. The van der Waals surface area contributed by atoms with Crippen molar-refractivity contribution in [3.8, 4) is 0 Å². The van der Waals surface area contributed by atoms with Crippen LogP contribution in [-0.4, -0.2) is 48.2 Å². The minimum Gasteiger partial charge on any atom is -0.480 e. The minimum absolute atomic E-state index is 0.252. The molecule has 2 N–H and O–H groups in total. The van der Waals surface area contributed by atoms with Crippen molar-refractivity contribution in [3.05, 3.63) is 0 Å². The molecule has 0 aromatic rings. The van der Waals surface area contributed by atoms with E-state index >= 15 is 0 Å². The summed E-state index contributed by atoms with van der Waals surface area (Å²) in [5.74, 6) is 0.523. The summed E-state index contributed by atoms with van der Waals surface area (Å²) in [4.78, 5) is 13.8. The third-order valence-electron chi connectivity index (χ3n) is 4.53. The maximum atomic E-state index is 11.6. The van der Waals surface area contributed by atoms with Gasteiger partial charge in [0, 0.05) is 19.6 Å². The van der Waals surface area contributed by atoms with E-state index in [0.717, 1.165) is 51.4 Å². The average molecular weight is 254 g/mol. The molecule has 0 spiro atoms. The standard InChI is InChI=1S/C14H26N2O2/c1-11-3-5-12(6-4-11)13(14(17)18)16-9-2-7-15-8-10-16/h11-13,15H,2-10H2,1H3,(H,17,18). The topological polar surface area (TPSA) is 52.6 Å². The lowest BCUT2D eigenvalue weighted by atomic mass is 9.78. The summed E-state index contributed by atoms with van der Waals surface area (Å²) in [5, 5.41) is 12.9. The molecule has 4 heteroatoms. The molecule has 0 aromatic carbocycles. The fraction of sp³-hybridized carbons (Fsp3) is 0.929. The van der Waals surface area contributed by atoms with Gasteiger partial charge in [-0.15, -0.1) is 0 Å². The van der Waals surface area contributed by atoms with E-state index in [1.807, 2.05) is 0 Å². The zero-order valence-electron chi connectivity index (χ0n) is 11.4. The van der Waals surface area contributed by atoms with Gasteiger partial charge in [0.15, 0.2) is 0 Å². The zero-order chi connectivity index (χ0) is 13.0. The van der Waals surface area contributed by atoms with Crippen LogP contribution in [0.4, 0.5) is 0 Å². The van der Waals surface area contributed by atoms with Crippen LogP contribution in [0, 0.1) is 11.8 Å². The molecule has 1 unspecified atom stereocenters. The number of carbonyl (C=O) groups is 1. The molecule has 0 bridgehead atoms. The molecule has 1 atom stereocenters. The summed E-state index contributed by atoms with van der Waals surface area (Å²) in [7, 11) is 0. The highest BCUT2D eigenvalue weighted by atomic mass is 16.4. The smallest absolute Gasteiger partial charge is 0.321 e. The first kappa shape index (κ1) is 13.8. The highest BCUT2D eigenvalue weighted by molar-refractivity contribution is 5.74. The molecule has 2 fully saturated rings. The summed E-state index contributed by atoms with van der Waals surface area (Å²) in [5.41, 5.74) is 0. The van der Waals surface area contributed by atoms with E-state index in [4.69, 9.17) is 0 Å². The SMILES string of the molecule is CC1CCC(C(C(=O)O)N2CCCNCC2)CC1. The Bertz CT molecular complexity index is 267. The second kappa shape index (κ2) is 6.53. The highest BCUT2D eigenvalue weighted by Crippen LogP contribution is 2.32. The Labute approximate surface area is 110 Å². The number of carboxylic acids is 1. The lowest BCUT2D eigenvalue weighted by molar-refractivity contribution is -0.146. The Hall–Kier alpha value is -0.610. The Balaban J connectivity index is 2.00. The van der Waals surface area contributed by atoms with E-state index < -0.39 is 5.97 Å². The first-order chi connectivity index (χ1) is 8.68. The van der Waals surface area contributed by atoms with Crippen molar-refractivity contribution < 1.29 is 9.90 Å². The van der Waals surface area contributed by atoms with Gasteiger partial charge in [-0.05, 0) is 37.6 Å². The fourth-order valence-corrected chi connectivity index (χ4v) is 3.40. The highest BCUT2D eigenvalue weighted by Gasteiger charge is 2.35. The van der Waals surface area contributed by atoms with Crippen LogP contribution >= 0.6 is 0 Å². The molecule has 0 aromatic heterocycles. The van der Waals surface area contributed by atoms with E-state index in [9.17, 15) is 9.90 Å². The van der Waals surface area contributed by atoms with E-state index in [1.54, 1.807) is 0 Å². The quantitative estimate of drug-likeness (QED) is 0.802. The first-order valence-corrected chi connectivity index (χ1v) is 7.36. The number of rotatable bonds is 3. The third-order valence-corrected chi connectivity index (χ3v) is 4.53. The van der Waals surface area contributed by atoms with Gasteiger partial charge in [0.25, 0.3) is 0 Å². The van der Waals surface area contributed by atoms with Gasteiger partial charge in [0.2, 0.25) is 0 Å². The summed E-state index contributed by atoms with van der Waals surface area (Å²) < 4.78 is 0. The van der Waals surface area contributed by atoms with Crippen molar-refractivity contribution >= 4 is 5.97 Å². The second-order valence-electron chi connectivity index (χ2n) is 5.94. The molecular formula is C14H26N2O2. The van der Waals surface area contributed by atoms with E-state index in [-0.39, 0.29) is 6.04 Å². The number of aliphatic carboxylic acids is 1. The Morgan fingerprint density at radius 3 is 2.61 bits per heavy atom. The molecule has 4 nitrogen and oxygen atoms in total. The van der Waals surface area contributed by atoms with Crippen molar-refractivity contribution in [2.75, 3.05) is 26.2 Å². The van der Waals surface area contributed by atoms with Crippen LogP contribution in [0.1, 0.15) is 39.0 Å². The van der Waals surface area contributed by atoms with Crippen LogP contribution in [0.2, 0.25) is 0 Å². The second-order valence-corrected chi connectivity index (χ2v) is 5.94. The predicted octanol–water partition coefficient (Wildman–Crippen LogP) is 1.56.